The molecule has 2 N–H and O–H groups in total. The molecular weight excluding hydrogens is 291 g/mol. The normalized spacial score (nSPS) is 20.0. The molecule has 0 unspecified atom stereocenters. The highest BCUT2D eigenvalue weighted by atomic mass is 79.9. The number of hydrogen-bond donors (Lipinski definition) is 2. The van der Waals surface area contributed by atoms with Gasteiger partial charge in [-0.15, -0.1) is 12.4 Å². The molecule has 0 aromatic heterocycles. The lowest BCUT2D eigenvalue weighted by Gasteiger charge is -2.25. The van der Waals surface area contributed by atoms with Crippen molar-refractivity contribution in [2.75, 3.05) is 26.7 Å². The van der Waals surface area contributed by atoms with Crippen LogP contribution >= 0.6 is 28.3 Å². The summed E-state index contributed by atoms with van der Waals surface area (Å²) >= 11 is 3.50. The second-order valence-electron chi connectivity index (χ2n) is 3.60. The van der Waals surface area contributed by atoms with Gasteiger partial charge in [-0.2, -0.15) is 0 Å². The van der Waals surface area contributed by atoms with Crippen LogP contribution in [0.5, 0.6) is 5.75 Å². The van der Waals surface area contributed by atoms with E-state index >= 15 is 0 Å². The molecule has 1 aromatic carbocycles. The van der Waals surface area contributed by atoms with E-state index in [1.165, 1.54) is 5.56 Å². The standard InChI is InChI=1S/C11H15BrN2O.ClH/c1-15-11-3-2-8(6-9(11)12)10-7-13-4-5-14-10;/h2-3,6,10,13-14H,4-5,7H2,1H3;1H/t10-;/m0./s1. The number of ether oxygens (including phenoxy) is 1. The zero-order valence-corrected chi connectivity index (χ0v) is 11.5. The van der Waals surface area contributed by atoms with Crippen molar-refractivity contribution in [3.05, 3.63) is 28.2 Å². The summed E-state index contributed by atoms with van der Waals surface area (Å²) in [7, 11) is 1.68. The third kappa shape index (κ3) is 3.10. The average molecular weight is 308 g/mol. The van der Waals surface area contributed by atoms with Crippen LogP contribution in [-0.4, -0.2) is 26.7 Å². The Balaban J connectivity index is 0.00000128. The molecule has 1 aliphatic rings. The Labute approximate surface area is 110 Å². The summed E-state index contributed by atoms with van der Waals surface area (Å²) < 4.78 is 6.21. The molecule has 1 fully saturated rings. The zero-order valence-electron chi connectivity index (χ0n) is 9.13. The van der Waals surface area contributed by atoms with Crippen molar-refractivity contribution in [3.8, 4) is 5.75 Å². The van der Waals surface area contributed by atoms with E-state index in [1.54, 1.807) is 7.11 Å². The smallest absolute Gasteiger partial charge is 0.133 e. The fourth-order valence-electron chi connectivity index (χ4n) is 1.79. The van der Waals surface area contributed by atoms with Crippen LogP contribution in [0, 0.1) is 0 Å². The second kappa shape index (κ2) is 6.45. The first-order valence-corrected chi connectivity index (χ1v) is 5.88. The molecule has 1 aromatic rings. The molecule has 5 heteroatoms. The van der Waals surface area contributed by atoms with Crippen LogP contribution in [0.3, 0.4) is 0 Å². The second-order valence-corrected chi connectivity index (χ2v) is 4.46. The van der Waals surface area contributed by atoms with Crippen molar-refractivity contribution in [2.45, 2.75) is 6.04 Å². The summed E-state index contributed by atoms with van der Waals surface area (Å²) in [6.07, 6.45) is 0. The molecule has 90 valence electrons. The van der Waals surface area contributed by atoms with Crippen molar-refractivity contribution < 1.29 is 4.74 Å². The van der Waals surface area contributed by atoms with Crippen LogP contribution in [0.1, 0.15) is 11.6 Å². The van der Waals surface area contributed by atoms with Crippen LogP contribution in [0.15, 0.2) is 22.7 Å². The molecule has 1 heterocycles. The highest BCUT2D eigenvalue weighted by molar-refractivity contribution is 9.10. The quantitative estimate of drug-likeness (QED) is 0.878. The number of benzene rings is 1. The van der Waals surface area contributed by atoms with Gasteiger partial charge in [0.05, 0.1) is 11.6 Å². The van der Waals surface area contributed by atoms with E-state index < -0.39 is 0 Å². The molecule has 1 saturated heterocycles. The maximum absolute atomic E-state index is 5.20. The first-order chi connectivity index (χ1) is 7.31. The van der Waals surface area contributed by atoms with E-state index in [9.17, 15) is 0 Å². The Morgan fingerprint density at radius 2 is 2.19 bits per heavy atom. The van der Waals surface area contributed by atoms with E-state index in [4.69, 9.17) is 4.74 Å². The van der Waals surface area contributed by atoms with Gasteiger partial charge in [-0.05, 0) is 33.6 Å². The maximum Gasteiger partial charge on any atom is 0.133 e. The predicted molar refractivity (Wildman–Crippen MR) is 71.6 cm³/mol. The lowest BCUT2D eigenvalue weighted by atomic mass is 10.1. The number of methoxy groups -OCH3 is 1. The van der Waals surface area contributed by atoms with E-state index in [1.807, 2.05) is 6.07 Å². The summed E-state index contributed by atoms with van der Waals surface area (Å²) in [6.45, 7) is 3.06. The number of halogens is 2. The predicted octanol–water partition coefficient (Wildman–Crippen LogP) is 2.11. The monoisotopic (exact) mass is 306 g/mol. The molecule has 1 atom stereocenters. The third-order valence-corrected chi connectivity index (χ3v) is 3.24. The van der Waals surface area contributed by atoms with Gasteiger partial charge >= 0.3 is 0 Å². The number of rotatable bonds is 2. The maximum atomic E-state index is 5.20. The van der Waals surface area contributed by atoms with Gasteiger partial charge in [0.15, 0.2) is 0 Å². The topological polar surface area (TPSA) is 33.3 Å². The molecule has 0 aliphatic carbocycles. The average Bonchev–Trinajstić information content (AvgIpc) is 2.30. The van der Waals surface area contributed by atoms with E-state index in [0.29, 0.717) is 6.04 Å². The van der Waals surface area contributed by atoms with Crippen LogP contribution in [0.2, 0.25) is 0 Å². The van der Waals surface area contributed by atoms with Crippen molar-refractivity contribution >= 4 is 28.3 Å². The Morgan fingerprint density at radius 3 is 2.75 bits per heavy atom. The van der Waals surface area contributed by atoms with Crippen LogP contribution in [-0.2, 0) is 0 Å². The summed E-state index contributed by atoms with van der Waals surface area (Å²) in [4.78, 5) is 0. The SMILES string of the molecule is COc1ccc([C@@H]2CNCCN2)cc1Br.Cl. The molecule has 0 amide bonds. The molecule has 1 aliphatic heterocycles. The highest BCUT2D eigenvalue weighted by Gasteiger charge is 2.15. The molecule has 0 bridgehead atoms. The first kappa shape index (κ1) is 13.8. The first-order valence-electron chi connectivity index (χ1n) is 5.09. The molecule has 0 radical (unpaired) electrons. The van der Waals surface area contributed by atoms with Gasteiger partial charge in [0.2, 0.25) is 0 Å². The van der Waals surface area contributed by atoms with Gasteiger partial charge in [0, 0.05) is 25.7 Å². The third-order valence-electron chi connectivity index (χ3n) is 2.62. The van der Waals surface area contributed by atoms with Gasteiger partial charge in [-0.1, -0.05) is 6.07 Å². The minimum atomic E-state index is 0. The fraction of sp³-hybridized carbons (Fsp3) is 0.455. The van der Waals surface area contributed by atoms with E-state index in [2.05, 4.69) is 38.7 Å². The highest BCUT2D eigenvalue weighted by Crippen LogP contribution is 2.28. The van der Waals surface area contributed by atoms with Crippen molar-refractivity contribution in [2.24, 2.45) is 0 Å². The molecule has 3 nitrogen and oxygen atoms in total. The largest absolute Gasteiger partial charge is 0.496 e. The van der Waals surface area contributed by atoms with Crippen LogP contribution < -0.4 is 15.4 Å². The summed E-state index contributed by atoms with van der Waals surface area (Å²) in [5, 5.41) is 6.85. The summed E-state index contributed by atoms with van der Waals surface area (Å²) in [6, 6.07) is 6.62. The van der Waals surface area contributed by atoms with Crippen molar-refractivity contribution in [1.82, 2.24) is 10.6 Å². The van der Waals surface area contributed by atoms with Gasteiger partial charge in [-0.3, -0.25) is 0 Å². The van der Waals surface area contributed by atoms with Crippen molar-refractivity contribution in [1.29, 1.82) is 0 Å². The fourth-order valence-corrected chi connectivity index (χ4v) is 2.35. The van der Waals surface area contributed by atoms with E-state index in [-0.39, 0.29) is 12.4 Å². The van der Waals surface area contributed by atoms with Gasteiger partial charge < -0.3 is 15.4 Å². The Bertz CT molecular complexity index is 343. The van der Waals surface area contributed by atoms with Crippen LogP contribution in [0.25, 0.3) is 0 Å². The Hall–Kier alpha value is -0.290. The lowest BCUT2D eigenvalue weighted by Crippen LogP contribution is -2.42. The molecule has 0 spiro atoms. The lowest BCUT2D eigenvalue weighted by molar-refractivity contribution is 0.409. The van der Waals surface area contributed by atoms with Crippen LogP contribution in [0.4, 0.5) is 0 Å². The minimum absolute atomic E-state index is 0. The molecule has 0 saturated carbocycles. The summed E-state index contributed by atoms with van der Waals surface area (Å²) in [5.41, 5.74) is 1.29. The summed E-state index contributed by atoms with van der Waals surface area (Å²) in [5.74, 6) is 0.877. The Morgan fingerprint density at radius 1 is 1.38 bits per heavy atom. The van der Waals surface area contributed by atoms with Gasteiger partial charge in [0.25, 0.3) is 0 Å². The van der Waals surface area contributed by atoms with Crippen molar-refractivity contribution in [3.63, 3.8) is 0 Å². The molecule has 2 rings (SSSR count). The molecule has 16 heavy (non-hydrogen) atoms. The Kier molecular flexibility index (Phi) is 5.55. The number of nitrogens with one attached hydrogen (secondary N) is 2. The number of piperazine rings is 1. The molecular formula is C11H16BrClN2O. The zero-order chi connectivity index (χ0) is 10.7. The number of hydrogen-bond acceptors (Lipinski definition) is 3. The van der Waals surface area contributed by atoms with Gasteiger partial charge in [0.1, 0.15) is 5.75 Å². The van der Waals surface area contributed by atoms with E-state index in [0.717, 1.165) is 29.9 Å². The minimum Gasteiger partial charge on any atom is -0.496 e. The van der Waals surface area contributed by atoms with Gasteiger partial charge in [-0.25, -0.2) is 0 Å².